The fraction of sp³-hybridized carbons (Fsp3) is 0.429. The van der Waals surface area contributed by atoms with Crippen LogP contribution in [0.2, 0.25) is 0 Å². The van der Waals surface area contributed by atoms with Gasteiger partial charge in [0, 0.05) is 29.7 Å². The number of H-pyrrole nitrogens is 1. The molecule has 0 aliphatic rings. The zero-order chi connectivity index (χ0) is 12.3. The summed E-state index contributed by atoms with van der Waals surface area (Å²) in [6.07, 6.45) is 2.03. The van der Waals surface area contributed by atoms with Gasteiger partial charge in [0.25, 0.3) is 0 Å². The van der Waals surface area contributed by atoms with Gasteiger partial charge in [-0.05, 0) is 17.5 Å². The lowest BCUT2D eigenvalue weighted by molar-refractivity contribution is 0.210. The van der Waals surface area contributed by atoms with Crippen molar-refractivity contribution in [1.29, 1.82) is 0 Å². The summed E-state index contributed by atoms with van der Waals surface area (Å²) in [6.45, 7) is 5.19. The molecule has 1 aromatic heterocycles. The molecule has 3 heteroatoms. The summed E-state index contributed by atoms with van der Waals surface area (Å²) in [5.74, 6) is 0.435. The molecule has 17 heavy (non-hydrogen) atoms. The molecule has 0 amide bonds. The van der Waals surface area contributed by atoms with Crippen LogP contribution in [0.25, 0.3) is 10.9 Å². The largest absolute Gasteiger partial charge is 0.395 e. The van der Waals surface area contributed by atoms with Crippen molar-refractivity contribution in [2.75, 3.05) is 6.61 Å². The lowest BCUT2D eigenvalue weighted by atomic mass is 10.0. The third-order valence-electron chi connectivity index (χ3n) is 3.23. The van der Waals surface area contributed by atoms with Crippen LogP contribution in [0.5, 0.6) is 0 Å². The molecule has 0 fully saturated rings. The number of aliphatic hydroxyl groups is 1. The van der Waals surface area contributed by atoms with Crippen molar-refractivity contribution in [3.63, 3.8) is 0 Å². The number of hydrogen-bond donors (Lipinski definition) is 3. The second kappa shape index (κ2) is 5.34. The lowest BCUT2D eigenvalue weighted by Gasteiger charge is -2.19. The Bertz CT molecular complexity index is 476. The summed E-state index contributed by atoms with van der Waals surface area (Å²) in [5, 5.41) is 13.9. The normalized spacial score (nSPS) is 13.4. The van der Waals surface area contributed by atoms with E-state index in [2.05, 4.69) is 36.3 Å². The van der Waals surface area contributed by atoms with E-state index in [1.807, 2.05) is 18.3 Å². The van der Waals surface area contributed by atoms with Crippen molar-refractivity contribution in [2.24, 2.45) is 5.92 Å². The molecule has 0 aliphatic carbocycles. The van der Waals surface area contributed by atoms with E-state index < -0.39 is 0 Å². The zero-order valence-electron chi connectivity index (χ0n) is 10.4. The van der Waals surface area contributed by atoms with E-state index in [0.29, 0.717) is 5.92 Å². The Labute approximate surface area is 102 Å². The van der Waals surface area contributed by atoms with Gasteiger partial charge in [-0.1, -0.05) is 32.0 Å². The second-order valence-corrected chi connectivity index (χ2v) is 4.77. The predicted molar refractivity (Wildman–Crippen MR) is 70.9 cm³/mol. The first kappa shape index (κ1) is 12.1. The van der Waals surface area contributed by atoms with E-state index in [1.165, 1.54) is 10.9 Å². The van der Waals surface area contributed by atoms with Crippen LogP contribution in [0.1, 0.15) is 19.4 Å². The van der Waals surface area contributed by atoms with Gasteiger partial charge in [0.15, 0.2) is 0 Å². The first-order valence-electron chi connectivity index (χ1n) is 6.11. The van der Waals surface area contributed by atoms with E-state index in [4.69, 9.17) is 0 Å². The topological polar surface area (TPSA) is 48.0 Å². The number of para-hydroxylation sites is 1. The standard InChI is InChI=1S/C14H20N2O/c1-10(2)14(9-17)16-8-11-7-15-13-6-4-3-5-12(11)13/h3-7,10,14-17H,8-9H2,1-2H3. The molecular formula is C14H20N2O. The van der Waals surface area contributed by atoms with Crippen LogP contribution in [-0.2, 0) is 6.54 Å². The van der Waals surface area contributed by atoms with Crippen molar-refractivity contribution >= 4 is 10.9 Å². The Hall–Kier alpha value is -1.32. The second-order valence-electron chi connectivity index (χ2n) is 4.77. The lowest BCUT2D eigenvalue weighted by Crippen LogP contribution is -2.36. The van der Waals surface area contributed by atoms with Crippen molar-refractivity contribution in [2.45, 2.75) is 26.4 Å². The van der Waals surface area contributed by atoms with Gasteiger partial charge in [-0.3, -0.25) is 0 Å². The highest BCUT2D eigenvalue weighted by molar-refractivity contribution is 5.82. The first-order chi connectivity index (χ1) is 8.22. The maximum absolute atomic E-state index is 9.27. The molecule has 0 radical (unpaired) electrons. The smallest absolute Gasteiger partial charge is 0.0587 e. The molecule has 1 heterocycles. The quantitative estimate of drug-likeness (QED) is 0.740. The maximum Gasteiger partial charge on any atom is 0.0587 e. The molecule has 0 saturated heterocycles. The van der Waals surface area contributed by atoms with Gasteiger partial charge in [0.2, 0.25) is 0 Å². The number of fused-ring (bicyclic) bond motifs is 1. The van der Waals surface area contributed by atoms with Crippen molar-refractivity contribution in [1.82, 2.24) is 10.3 Å². The molecule has 2 rings (SSSR count). The van der Waals surface area contributed by atoms with Gasteiger partial charge in [-0.25, -0.2) is 0 Å². The zero-order valence-corrected chi connectivity index (χ0v) is 10.4. The summed E-state index contributed by atoms with van der Waals surface area (Å²) in [4.78, 5) is 3.26. The minimum Gasteiger partial charge on any atom is -0.395 e. The van der Waals surface area contributed by atoms with Crippen molar-refractivity contribution in [3.05, 3.63) is 36.0 Å². The highest BCUT2D eigenvalue weighted by Crippen LogP contribution is 2.17. The summed E-state index contributed by atoms with van der Waals surface area (Å²) >= 11 is 0. The molecular weight excluding hydrogens is 212 g/mol. The third-order valence-corrected chi connectivity index (χ3v) is 3.23. The number of aromatic amines is 1. The predicted octanol–water partition coefficient (Wildman–Crippen LogP) is 2.27. The fourth-order valence-electron chi connectivity index (χ4n) is 2.03. The van der Waals surface area contributed by atoms with Crippen LogP contribution < -0.4 is 5.32 Å². The molecule has 0 bridgehead atoms. The number of nitrogens with one attached hydrogen (secondary N) is 2. The Morgan fingerprint density at radius 2 is 2.06 bits per heavy atom. The minimum atomic E-state index is 0.156. The van der Waals surface area contributed by atoms with Crippen LogP contribution in [-0.4, -0.2) is 22.7 Å². The molecule has 0 spiro atoms. The van der Waals surface area contributed by atoms with Crippen LogP contribution in [0.3, 0.4) is 0 Å². The maximum atomic E-state index is 9.27. The van der Waals surface area contributed by atoms with Gasteiger partial charge < -0.3 is 15.4 Å². The number of rotatable bonds is 5. The number of benzene rings is 1. The van der Waals surface area contributed by atoms with Crippen molar-refractivity contribution in [3.8, 4) is 0 Å². The highest BCUT2D eigenvalue weighted by atomic mass is 16.3. The van der Waals surface area contributed by atoms with Gasteiger partial charge >= 0.3 is 0 Å². The van der Waals surface area contributed by atoms with Crippen molar-refractivity contribution < 1.29 is 5.11 Å². The fourth-order valence-corrected chi connectivity index (χ4v) is 2.03. The average molecular weight is 232 g/mol. The summed E-state index contributed by atoms with van der Waals surface area (Å²) in [7, 11) is 0. The molecule has 2 aromatic rings. The molecule has 0 aliphatic heterocycles. The molecule has 1 aromatic carbocycles. The van der Waals surface area contributed by atoms with Gasteiger partial charge in [0.05, 0.1) is 6.61 Å². The van der Waals surface area contributed by atoms with Crippen LogP contribution >= 0.6 is 0 Å². The highest BCUT2D eigenvalue weighted by Gasteiger charge is 2.12. The Kier molecular flexibility index (Phi) is 3.82. The van der Waals surface area contributed by atoms with Gasteiger partial charge in [-0.15, -0.1) is 0 Å². The van der Waals surface area contributed by atoms with Crippen LogP contribution in [0.15, 0.2) is 30.5 Å². The first-order valence-corrected chi connectivity index (χ1v) is 6.11. The molecule has 3 nitrogen and oxygen atoms in total. The summed E-state index contributed by atoms with van der Waals surface area (Å²) in [5.41, 5.74) is 2.41. The SMILES string of the molecule is CC(C)C(CO)NCc1c[nH]c2ccccc12. The van der Waals surface area contributed by atoms with E-state index >= 15 is 0 Å². The van der Waals surface area contributed by atoms with E-state index in [-0.39, 0.29) is 12.6 Å². The number of aliphatic hydroxyl groups excluding tert-OH is 1. The van der Waals surface area contributed by atoms with Crippen LogP contribution in [0.4, 0.5) is 0 Å². The van der Waals surface area contributed by atoms with Crippen LogP contribution in [0, 0.1) is 5.92 Å². The molecule has 1 atom stereocenters. The van der Waals surface area contributed by atoms with Gasteiger partial charge in [0.1, 0.15) is 0 Å². The number of aromatic nitrogens is 1. The van der Waals surface area contributed by atoms with E-state index in [0.717, 1.165) is 12.1 Å². The molecule has 0 saturated carbocycles. The summed E-state index contributed by atoms with van der Waals surface area (Å²) < 4.78 is 0. The monoisotopic (exact) mass is 232 g/mol. The molecule has 3 N–H and O–H groups in total. The van der Waals surface area contributed by atoms with Gasteiger partial charge in [-0.2, -0.15) is 0 Å². The Balaban J connectivity index is 2.08. The molecule has 1 unspecified atom stereocenters. The van der Waals surface area contributed by atoms with E-state index in [1.54, 1.807) is 0 Å². The minimum absolute atomic E-state index is 0.156. The molecule has 92 valence electrons. The van der Waals surface area contributed by atoms with E-state index in [9.17, 15) is 5.11 Å². The third kappa shape index (κ3) is 2.68. The number of hydrogen-bond acceptors (Lipinski definition) is 2. The Morgan fingerprint density at radius 1 is 1.29 bits per heavy atom. The average Bonchev–Trinajstić information content (AvgIpc) is 2.73. The Morgan fingerprint density at radius 3 is 2.76 bits per heavy atom. The summed E-state index contributed by atoms with van der Waals surface area (Å²) in [6, 6.07) is 8.42.